The summed E-state index contributed by atoms with van der Waals surface area (Å²) in [5.41, 5.74) is 0.709. The van der Waals surface area contributed by atoms with E-state index in [4.69, 9.17) is 4.74 Å². The number of rotatable bonds is 4. The number of benzene rings is 3. The highest BCUT2D eigenvalue weighted by molar-refractivity contribution is 9.10. The highest BCUT2D eigenvalue weighted by atomic mass is 79.9. The summed E-state index contributed by atoms with van der Waals surface area (Å²) in [6.45, 7) is 0. The van der Waals surface area contributed by atoms with Gasteiger partial charge in [0, 0.05) is 4.47 Å². The summed E-state index contributed by atoms with van der Waals surface area (Å²) in [6.07, 6.45) is 0. The first kappa shape index (κ1) is 16.0. The monoisotopic (exact) mass is 390 g/mol. The third kappa shape index (κ3) is 3.57. The molecule has 0 radical (unpaired) electrons. The van der Waals surface area contributed by atoms with Crippen LogP contribution in [0, 0.1) is 0 Å². The first-order valence-corrected chi connectivity index (χ1v) is 9.47. The fourth-order valence-corrected chi connectivity index (χ4v) is 4.20. The van der Waals surface area contributed by atoms with E-state index in [1.165, 1.54) is 0 Å². The third-order valence-electron chi connectivity index (χ3n) is 3.62. The summed E-state index contributed by atoms with van der Waals surface area (Å²) < 4.78 is 31.4. The molecule has 3 nitrogen and oxygen atoms in total. The lowest BCUT2D eigenvalue weighted by molar-refractivity contribution is 0.414. The molecule has 0 atom stereocenters. The maximum absolute atomic E-state index is 12.7. The average Bonchev–Trinajstić information content (AvgIpc) is 2.54. The Labute approximate surface area is 144 Å². The van der Waals surface area contributed by atoms with Crippen LogP contribution in [-0.4, -0.2) is 15.5 Å². The van der Waals surface area contributed by atoms with Gasteiger partial charge in [-0.3, -0.25) is 0 Å². The van der Waals surface area contributed by atoms with E-state index in [9.17, 15) is 8.42 Å². The lowest BCUT2D eigenvalue weighted by Crippen LogP contribution is -2.05. The Hall–Kier alpha value is -1.85. The molecule has 0 fully saturated rings. The molecule has 0 aromatic heterocycles. The average molecular weight is 391 g/mol. The van der Waals surface area contributed by atoms with Crippen LogP contribution in [-0.2, 0) is 15.6 Å². The van der Waals surface area contributed by atoms with E-state index in [0.717, 1.165) is 15.2 Å². The molecule has 0 heterocycles. The molecule has 0 aliphatic heterocycles. The van der Waals surface area contributed by atoms with Crippen molar-refractivity contribution in [2.75, 3.05) is 7.11 Å². The quantitative estimate of drug-likeness (QED) is 0.654. The molecule has 3 aromatic rings. The summed E-state index contributed by atoms with van der Waals surface area (Å²) in [4.78, 5) is 0.329. The maximum Gasteiger partial charge on any atom is 0.182 e. The minimum Gasteiger partial charge on any atom is -0.497 e. The van der Waals surface area contributed by atoms with Gasteiger partial charge in [0.05, 0.1) is 17.8 Å². The summed E-state index contributed by atoms with van der Waals surface area (Å²) in [6, 6.07) is 18.1. The number of hydrogen-bond donors (Lipinski definition) is 0. The molecule has 118 valence electrons. The van der Waals surface area contributed by atoms with E-state index in [-0.39, 0.29) is 5.75 Å². The van der Waals surface area contributed by atoms with Crippen molar-refractivity contribution in [3.63, 3.8) is 0 Å². The minimum absolute atomic E-state index is 0.0494. The predicted molar refractivity (Wildman–Crippen MR) is 95.5 cm³/mol. The largest absolute Gasteiger partial charge is 0.497 e. The van der Waals surface area contributed by atoms with Crippen LogP contribution in [0.25, 0.3) is 10.8 Å². The SMILES string of the molecule is COc1cccc(CS(=O)(=O)c2ccc3cc(Br)ccc3c2)c1. The van der Waals surface area contributed by atoms with Crippen LogP contribution in [0.1, 0.15) is 5.56 Å². The van der Waals surface area contributed by atoms with Crippen LogP contribution in [0.2, 0.25) is 0 Å². The number of hydrogen-bond acceptors (Lipinski definition) is 3. The van der Waals surface area contributed by atoms with Crippen molar-refractivity contribution in [1.29, 1.82) is 0 Å². The van der Waals surface area contributed by atoms with E-state index < -0.39 is 9.84 Å². The summed E-state index contributed by atoms with van der Waals surface area (Å²) in [5, 5.41) is 1.90. The number of methoxy groups -OCH3 is 1. The Bertz CT molecular complexity index is 965. The van der Waals surface area contributed by atoms with Gasteiger partial charge in [-0.1, -0.05) is 40.2 Å². The molecule has 5 heteroatoms. The molecule has 3 rings (SSSR count). The number of halogens is 1. The topological polar surface area (TPSA) is 43.4 Å². The standard InChI is InChI=1S/C18H15BrO3S/c1-22-17-4-2-3-13(9-17)12-23(20,21)18-8-6-14-10-16(19)7-5-15(14)11-18/h2-11H,12H2,1H3. The molecular weight excluding hydrogens is 376 g/mol. The van der Waals surface area contributed by atoms with Gasteiger partial charge >= 0.3 is 0 Å². The van der Waals surface area contributed by atoms with Crippen LogP contribution in [0.5, 0.6) is 5.75 Å². The van der Waals surface area contributed by atoms with Crippen molar-refractivity contribution < 1.29 is 13.2 Å². The molecule has 0 aliphatic rings. The molecular formula is C18H15BrO3S. The first-order chi connectivity index (χ1) is 11.0. The van der Waals surface area contributed by atoms with Crippen molar-refractivity contribution in [2.24, 2.45) is 0 Å². The van der Waals surface area contributed by atoms with Crippen LogP contribution in [0.4, 0.5) is 0 Å². The summed E-state index contributed by atoms with van der Waals surface area (Å²) in [7, 11) is -1.84. The van der Waals surface area contributed by atoms with Crippen molar-refractivity contribution in [2.45, 2.75) is 10.6 Å². The second-order valence-corrected chi connectivity index (χ2v) is 8.17. The number of fused-ring (bicyclic) bond motifs is 1. The van der Waals surface area contributed by atoms with Crippen LogP contribution in [0.15, 0.2) is 70.0 Å². The Balaban J connectivity index is 1.97. The zero-order valence-electron chi connectivity index (χ0n) is 12.5. The third-order valence-corrected chi connectivity index (χ3v) is 5.80. The van der Waals surface area contributed by atoms with E-state index in [0.29, 0.717) is 16.2 Å². The van der Waals surface area contributed by atoms with Crippen LogP contribution >= 0.6 is 15.9 Å². The van der Waals surface area contributed by atoms with Gasteiger partial charge in [-0.05, 0) is 52.7 Å². The molecule has 0 saturated carbocycles. The van der Waals surface area contributed by atoms with Gasteiger partial charge in [-0.2, -0.15) is 0 Å². The molecule has 0 unspecified atom stereocenters. The van der Waals surface area contributed by atoms with E-state index in [1.807, 2.05) is 24.3 Å². The Morgan fingerprint density at radius 2 is 1.70 bits per heavy atom. The van der Waals surface area contributed by atoms with Gasteiger partial charge in [0.1, 0.15) is 5.75 Å². The Kier molecular flexibility index (Phi) is 4.41. The van der Waals surface area contributed by atoms with Gasteiger partial charge < -0.3 is 4.74 Å². The molecule has 23 heavy (non-hydrogen) atoms. The fourth-order valence-electron chi connectivity index (χ4n) is 2.45. The van der Waals surface area contributed by atoms with Gasteiger partial charge in [0.2, 0.25) is 0 Å². The lowest BCUT2D eigenvalue weighted by Gasteiger charge is -2.08. The highest BCUT2D eigenvalue weighted by Gasteiger charge is 2.16. The maximum atomic E-state index is 12.7. The zero-order chi connectivity index (χ0) is 16.4. The van der Waals surface area contributed by atoms with Crippen molar-refractivity contribution >= 4 is 36.5 Å². The smallest absolute Gasteiger partial charge is 0.182 e. The molecule has 0 aliphatic carbocycles. The van der Waals surface area contributed by atoms with Crippen molar-refractivity contribution in [1.82, 2.24) is 0 Å². The van der Waals surface area contributed by atoms with Gasteiger partial charge in [-0.25, -0.2) is 8.42 Å². The zero-order valence-corrected chi connectivity index (χ0v) is 14.9. The molecule has 0 N–H and O–H groups in total. The minimum atomic E-state index is -3.41. The highest BCUT2D eigenvalue weighted by Crippen LogP contribution is 2.25. The normalized spacial score (nSPS) is 11.6. The predicted octanol–water partition coefficient (Wildman–Crippen LogP) is 4.58. The summed E-state index contributed by atoms with van der Waals surface area (Å²) in [5.74, 6) is 0.604. The molecule has 0 amide bonds. The Morgan fingerprint density at radius 3 is 2.48 bits per heavy atom. The van der Waals surface area contributed by atoms with Gasteiger partial charge in [0.15, 0.2) is 9.84 Å². The molecule has 3 aromatic carbocycles. The number of ether oxygens (including phenoxy) is 1. The summed E-state index contributed by atoms with van der Waals surface area (Å²) >= 11 is 3.42. The Morgan fingerprint density at radius 1 is 0.957 bits per heavy atom. The molecule has 0 spiro atoms. The van der Waals surface area contributed by atoms with Gasteiger partial charge in [-0.15, -0.1) is 0 Å². The molecule has 0 saturated heterocycles. The second kappa shape index (κ2) is 6.34. The van der Waals surface area contributed by atoms with E-state index >= 15 is 0 Å². The van der Waals surface area contributed by atoms with E-state index in [1.54, 1.807) is 43.5 Å². The van der Waals surface area contributed by atoms with Crippen molar-refractivity contribution in [3.8, 4) is 5.75 Å². The van der Waals surface area contributed by atoms with Crippen molar-refractivity contribution in [3.05, 3.63) is 70.7 Å². The fraction of sp³-hybridized carbons (Fsp3) is 0.111. The van der Waals surface area contributed by atoms with Crippen LogP contribution in [0.3, 0.4) is 0 Å². The molecule has 0 bridgehead atoms. The van der Waals surface area contributed by atoms with E-state index in [2.05, 4.69) is 15.9 Å². The second-order valence-electron chi connectivity index (χ2n) is 5.26. The number of sulfone groups is 1. The van der Waals surface area contributed by atoms with Crippen LogP contribution < -0.4 is 4.74 Å². The van der Waals surface area contributed by atoms with Gasteiger partial charge in [0.25, 0.3) is 0 Å². The lowest BCUT2D eigenvalue weighted by atomic mass is 10.1. The first-order valence-electron chi connectivity index (χ1n) is 7.03.